The summed E-state index contributed by atoms with van der Waals surface area (Å²) in [4.78, 5) is 25.8. The van der Waals surface area contributed by atoms with Gasteiger partial charge in [0.1, 0.15) is 12.2 Å². The topological polar surface area (TPSA) is 108 Å². The van der Waals surface area contributed by atoms with Crippen molar-refractivity contribution in [2.24, 2.45) is 62.4 Å². The Labute approximate surface area is 260 Å². The molecule has 1 heterocycles. The largest absolute Gasteiger partial charge is 0.481 e. The average molecular weight is 602 g/mol. The van der Waals surface area contributed by atoms with Gasteiger partial charge in [-0.1, -0.05) is 60.1 Å². The van der Waals surface area contributed by atoms with Crippen LogP contribution < -0.4 is 5.73 Å². The fourth-order valence-corrected chi connectivity index (χ4v) is 11.5. The van der Waals surface area contributed by atoms with Crippen molar-refractivity contribution in [3.8, 4) is 0 Å². The summed E-state index contributed by atoms with van der Waals surface area (Å²) in [5, 5.41) is 10.9. The third-order valence-corrected chi connectivity index (χ3v) is 14.0. The summed E-state index contributed by atoms with van der Waals surface area (Å²) in [6.07, 6.45) is 7.17. The lowest BCUT2D eigenvalue weighted by Crippen LogP contribution is -2.70. The second-order valence-electron chi connectivity index (χ2n) is 17.4. The molecule has 2 bridgehead atoms. The van der Waals surface area contributed by atoms with Gasteiger partial charge in [-0.25, -0.2) is 0 Å². The molecule has 4 aliphatic carbocycles. The van der Waals surface area contributed by atoms with Crippen molar-refractivity contribution < 1.29 is 28.9 Å². The smallest absolute Gasteiger partial charge is 0.307 e. The molecule has 7 heteroatoms. The van der Waals surface area contributed by atoms with Gasteiger partial charge < -0.3 is 25.1 Å². The highest BCUT2D eigenvalue weighted by molar-refractivity contribution is 5.73. The van der Waals surface area contributed by atoms with Gasteiger partial charge in [0, 0.05) is 23.3 Å². The van der Waals surface area contributed by atoms with E-state index in [0.717, 1.165) is 32.1 Å². The van der Waals surface area contributed by atoms with E-state index >= 15 is 0 Å². The molecule has 43 heavy (non-hydrogen) atoms. The molecular weight excluding hydrogens is 542 g/mol. The maximum Gasteiger partial charge on any atom is 0.307 e. The molecule has 4 fully saturated rings. The lowest BCUT2D eigenvalue weighted by Gasteiger charge is -2.71. The normalized spacial score (nSPS) is 46.6. The van der Waals surface area contributed by atoms with Crippen LogP contribution in [-0.2, 0) is 23.8 Å². The van der Waals surface area contributed by atoms with Crippen LogP contribution in [0.3, 0.4) is 0 Å². The number of aliphatic carboxylic acids is 1. The molecule has 3 saturated carbocycles. The lowest BCUT2D eigenvalue weighted by atomic mass is 9.34. The first-order valence-corrected chi connectivity index (χ1v) is 16.9. The third-order valence-electron chi connectivity index (χ3n) is 14.0. The van der Waals surface area contributed by atoms with Crippen molar-refractivity contribution in [1.29, 1.82) is 0 Å². The standard InChI is InChI=1S/C36H59NO6/c1-21(2)22(3)32(7)15-16-34(9)24-11-12-27-33(8)19-41-20-36(27,25(24)13-14-35(34,10)28(32)30(39)40)17-26(43-23(4)38)29(33)42-18-31(5,6)37/h13,21-22,24,26-29H,11-12,14-20,37H2,1-10H3,(H,39,40)/t22-,24+,26-,27+,28-,29+,32-,33?,34-,35+,36+/m1/s1. The number of allylic oxidation sites excluding steroid dienone is 1. The van der Waals surface area contributed by atoms with E-state index in [9.17, 15) is 14.7 Å². The number of carboxylic acid groups (broad SMARTS) is 1. The van der Waals surface area contributed by atoms with Gasteiger partial charge in [0.15, 0.2) is 0 Å². The van der Waals surface area contributed by atoms with Crippen molar-refractivity contribution in [1.82, 2.24) is 0 Å². The number of carbonyl (C=O) groups excluding carboxylic acids is 1. The molecule has 3 N–H and O–H groups in total. The van der Waals surface area contributed by atoms with E-state index in [0.29, 0.717) is 44.0 Å². The molecule has 1 saturated heterocycles. The number of esters is 1. The number of carboxylic acids is 1. The van der Waals surface area contributed by atoms with E-state index < -0.39 is 17.4 Å². The van der Waals surface area contributed by atoms with Gasteiger partial charge in [-0.3, -0.25) is 9.59 Å². The molecular formula is C36H59NO6. The molecule has 11 atom stereocenters. The van der Waals surface area contributed by atoms with E-state index in [1.165, 1.54) is 12.5 Å². The summed E-state index contributed by atoms with van der Waals surface area (Å²) in [5.74, 6) is -0.0326. The molecule has 5 aliphatic rings. The molecule has 0 radical (unpaired) electrons. The van der Waals surface area contributed by atoms with Crippen molar-refractivity contribution >= 4 is 11.9 Å². The van der Waals surface area contributed by atoms with Crippen LogP contribution in [0.15, 0.2) is 11.6 Å². The Morgan fingerprint density at radius 1 is 1.09 bits per heavy atom. The zero-order chi connectivity index (χ0) is 32.0. The molecule has 0 aromatic carbocycles. The van der Waals surface area contributed by atoms with Gasteiger partial charge in [0.25, 0.3) is 0 Å². The number of nitrogens with two attached hydrogens (primary N) is 1. The van der Waals surface area contributed by atoms with Crippen molar-refractivity contribution in [2.45, 2.75) is 126 Å². The number of ether oxygens (including phenoxy) is 3. The first kappa shape index (κ1) is 32.9. The molecule has 0 spiro atoms. The first-order valence-electron chi connectivity index (χ1n) is 16.9. The molecule has 0 amide bonds. The van der Waals surface area contributed by atoms with E-state index in [4.69, 9.17) is 19.9 Å². The van der Waals surface area contributed by atoms with Crippen LogP contribution in [-0.4, -0.2) is 54.6 Å². The summed E-state index contributed by atoms with van der Waals surface area (Å²) in [6.45, 7) is 22.9. The van der Waals surface area contributed by atoms with Crippen molar-refractivity contribution in [2.75, 3.05) is 19.8 Å². The summed E-state index contributed by atoms with van der Waals surface area (Å²) < 4.78 is 19.2. The maximum atomic E-state index is 13.3. The first-order chi connectivity index (χ1) is 19.8. The van der Waals surface area contributed by atoms with Crippen molar-refractivity contribution in [3.63, 3.8) is 0 Å². The molecule has 1 aliphatic heterocycles. The number of rotatable bonds is 7. The summed E-state index contributed by atoms with van der Waals surface area (Å²) in [5.41, 5.74) is 5.89. The monoisotopic (exact) mass is 601 g/mol. The van der Waals surface area contributed by atoms with Gasteiger partial charge in [0.05, 0.1) is 25.7 Å². The van der Waals surface area contributed by atoms with Crippen LogP contribution in [0.4, 0.5) is 0 Å². The minimum absolute atomic E-state index is 0.155. The molecule has 1 unspecified atom stereocenters. The predicted molar refractivity (Wildman–Crippen MR) is 167 cm³/mol. The highest BCUT2D eigenvalue weighted by Crippen LogP contribution is 2.75. The van der Waals surface area contributed by atoms with Crippen LogP contribution in [0.2, 0.25) is 0 Å². The van der Waals surface area contributed by atoms with Gasteiger partial charge in [-0.2, -0.15) is 0 Å². The highest BCUT2D eigenvalue weighted by atomic mass is 16.6. The Morgan fingerprint density at radius 2 is 1.77 bits per heavy atom. The number of fused-ring (bicyclic) bond motifs is 3. The third kappa shape index (κ3) is 4.76. The Balaban J connectivity index is 1.59. The van der Waals surface area contributed by atoms with Gasteiger partial charge in [-0.15, -0.1) is 0 Å². The summed E-state index contributed by atoms with van der Waals surface area (Å²) in [7, 11) is 0. The maximum absolute atomic E-state index is 13.3. The quantitative estimate of drug-likeness (QED) is 0.249. The van der Waals surface area contributed by atoms with Gasteiger partial charge >= 0.3 is 11.9 Å². The minimum Gasteiger partial charge on any atom is -0.481 e. The minimum atomic E-state index is -0.642. The van der Waals surface area contributed by atoms with E-state index in [-0.39, 0.29) is 51.2 Å². The van der Waals surface area contributed by atoms with Crippen LogP contribution >= 0.6 is 0 Å². The lowest BCUT2D eigenvalue weighted by molar-refractivity contribution is -0.268. The number of hydrogen-bond acceptors (Lipinski definition) is 6. The Morgan fingerprint density at radius 3 is 2.35 bits per heavy atom. The van der Waals surface area contributed by atoms with Gasteiger partial charge in [-0.05, 0) is 92.3 Å². The van der Waals surface area contributed by atoms with Gasteiger partial charge in [0.2, 0.25) is 0 Å². The molecule has 244 valence electrons. The SMILES string of the molecule is CC(=O)O[C@@H]1C[C@@]23COCC(C)([C@H]1OCC(C)(C)N)[C@@H]2CC[C@H]1C3=CC[C@@]2(C)[C@H](C(=O)O)[C@@](C)([C@H](C)C(C)C)CC[C@]12C. The number of carbonyl (C=O) groups is 2. The fraction of sp³-hybridized carbons (Fsp3) is 0.889. The van der Waals surface area contributed by atoms with Crippen molar-refractivity contribution in [3.05, 3.63) is 11.6 Å². The fourth-order valence-electron chi connectivity index (χ4n) is 11.5. The predicted octanol–water partition coefficient (Wildman–Crippen LogP) is 6.63. The Hall–Kier alpha value is -1.44. The van der Waals surface area contributed by atoms with Crippen LogP contribution in [0.1, 0.15) is 108 Å². The Kier molecular flexibility index (Phi) is 8.08. The van der Waals surface area contributed by atoms with Crippen LogP contribution in [0.25, 0.3) is 0 Å². The molecule has 7 nitrogen and oxygen atoms in total. The molecule has 0 aromatic heterocycles. The second-order valence-corrected chi connectivity index (χ2v) is 17.4. The van der Waals surface area contributed by atoms with Crippen LogP contribution in [0, 0.1) is 56.7 Å². The molecule has 0 aromatic rings. The summed E-state index contributed by atoms with van der Waals surface area (Å²) >= 11 is 0. The number of hydrogen-bond donors (Lipinski definition) is 2. The van der Waals surface area contributed by atoms with E-state index in [1.54, 1.807) is 0 Å². The summed E-state index contributed by atoms with van der Waals surface area (Å²) in [6, 6.07) is 0. The molecule has 5 rings (SSSR count). The zero-order valence-corrected chi connectivity index (χ0v) is 28.5. The highest BCUT2D eigenvalue weighted by Gasteiger charge is 2.72. The zero-order valence-electron chi connectivity index (χ0n) is 28.5. The van der Waals surface area contributed by atoms with Crippen LogP contribution in [0.5, 0.6) is 0 Å². The van der Waals surface area contributed by atoms with E-state index in [2.05, 4.69) is 54.5 Å². The average Bonchev–Trinajstić information content (AvgIpc) is 2.87. The Bertz CT molecular complexity index is 1160. The second kappa shape index (κ2) is 10.6. The van der Waals surface area contributed by atoms with E-state index in [1.807, 2.05) is 13.8 Å².